The molecular weight excluding hydrogens is 396 g/mol. The lowest BCUT2D eigenvalue weighted by atomic mass is 10.2. The maximum absolute atomic E-state index is 12.5. The molecule has 3 N–H and O–H groups in total. The molecule has 2 aromatic carbocycles. The Balaban J connectivity index is 1.51. The number of hydrogen-bond donors (Lipinski definition) is 3. The number of benzene rings is 2. The Kier molecular flexibility index (Phi) is 6.61. The third-order valence-electron chi connectivity index (χ3n) is 4.40. The number of carbonyl (C=O) groups is 1. The zero-order chi connectivity index (χ0) is 20.0. The van der Waals surface area contributed by atoms with Crippen molar-refractivity contribution in [2.24, 2.45) is 0 Å². The van der Waals surface area contributed by atoms with Gasteiger partial charge in [-0.1, -0.05) is 30.3 Å². The maximum Gasteiger partial charge on any atom is 0.269 e. The average molecular weight is 419 g/mol. The van der Waals surface area contributed by atoms with Gasteiger partial charge in [0.05, 0.1) is 4.90 Å². The Morgan fingerprint density at radius 2 is 1.61 bits per heavy atom. The van der Waals surface area contributed by atoms with Gasteiger partial charge in [0.1, 0.15) is 0 Å². The number of nitrogens with zero attached hydrogens (tertiary/aromatic N) is 1. The van der Waals surface area contributed by atoms with Crippen LogP contribution in [0, 0.1) is 0 Å². The first-order chi connectivity index (χ1) is 13.5. The van der Waals surface area contributed by atoms with Crippen molar-refractivity contribution in [2.75, 3.05) is 13.1 Å². The van der Waals surface area contributed by atoms with E-state index in [1.165, 1.54) is 28.6 Å². The first-order valence-corrected chi connectivity index (χ1v) is 10.8. The zero-order valence-electron chi connectivity index (χ0n) is 15.2. The van der Waals surface area contributed by atoms with E-state index in [4.69, 9.17) is 12.2 Å². The molecule has 0 radical (unpaired) electrons. The van der Waals surface area contributed by atoms with Gasteiger partial charge in [-0.15, -0.1) is 0 Å². The fraction of sp³-hybridized carbons (Fsp3) is 0.263. The summed E-state index contributed by atoms with van der Waals surface area (Å²) >= 11 is 5.13. The van der Waals surface area contributed by atoms with Crippen LogP contribution in [0.25, 0.3) is 0 Å². The third kappa shape index (κ3) is 5.06. The largest absolute Gasteiger partial charge is 0.357 e. The van der Waals surface area contributed by atoms with Crippen molar-refractivity contribution in [1.82, 2.24) is 20.5 Å². The smallest absolute Gasteiger partial charge is 0.269 e. The van der Waals surface area contributed by atoms with Gasteiger partial charge >= 0.3 is 0 Å². The number of thiocarbonyl (C=S) groups is 1. The molecule has 7 nitrogen and oxygen atoms in total. The Morgan fingerprint density at radius 1 is 0.964 bits per heavy atom. The Bertz CT molecular complexity index is 925. The van der Waals surface area contributed by atoms with Gasteiger partial charge in [0.25, 0.3) is 5.91 Å². The molecule has 148 valence electrons. The van der Waals surface area contributed by atoms with Crippen LogP contribution in [0.4, 0.5) is 0 Å². The number of hydrazine groups is 1. The topological polar surface area (TPSA) is 90.5 Å². The molecule has 0 atom stereocenters. The minimum Gasteiger partial charge on any atom is -0.357 e. The molecule has 9 heteroatoms. The molecule has 0 unspecified atom stereocenters. The number of sulfonamides is 1. The Labute approximate surface area is 170 Å². The third-order valence-corrected chi connectivity index (χ3v) is 6.56. The molecule has 2 aromatic rings. The van der Waals surface area contributed by atoms with Crippen LogP contribution < -0.4 is 16.2 Å². The molecule has 0 aliphatic carbocycles. The van der Waals surface area contributed by atoms with E-state index in [0.29, 0.717) is 25.2 Å². The highest BCUT2D eigenvalue weighted by atomic mass is 32.2. The van der Waals surface area contributed by atoms with Crippen molar-refractivity contribution < 1.29 is 13.2 Å². The van der Waals surface area contributed by atoms with Crippen LogP contribution in [-0.2, 0) is 16.6 Å². The molecule has 1 amide bonds. The van der Waals surface area contributed by atoms with Crippen LogP contribution in [0.1, 0.15) is 28.8 Å². The summed E-state index contributed by atoms with van der Waals surface area (Å²) in [6, 6.07) is 15.6. The quantitative estimate of drug-likeness (QED) is 0.507. The van der Waals surface area contributed by atoms with E-state index in [0.717, 1.165) is 18.4 Å². The number of hydrogen-bond acceptors (Lipinski definition) is 4. The van der Waals surface area contributed by atoms with Gasteiger partial charge in [-0.25, -0.2) is 8.42 Å². The van der Waals surface area contributed by atoms with Crippen molar-refractivity contribution in [1.29, 1.82) is 0 Å². The molecule has 28 heavy (non-hydrogen) atoms. The van der Waals surface area contributed by atoms with Gasteiger partial charge in [0, 0.05) is 25.2 Å². The van der Waals surface area contributed by atoms with Crippen LogP contribution in [0.2, 0.25) is 0 Å². The summed E-state index contributed by atoms with van der Waals surface area (Å²) in [5.74, 6) is -0.408. The number of carbonyl (C=O) groups excluding carboxylic acids is 1. The van der Waals surface area contributed by atoms with E-state index in [-0.39, 0.29) is 10.0 Å². The van der Waals surface area contributed by atoms with Gasteiger partial charge < -0.3 is 5.32 Å². The first kappa shape index (κ1) is 20.2. The number of amides is 1. The first-order valence-electron chi connectivity index (χ1n) is 8.95. The highest BCUT2D eigenvalue weighted by Gasteiger charge is 2.27. The highest BCUT2D eigenvalue weighted by molar-refractivity contribution is 7.89. The van der Waals surface area contributed by atoms with Crippen molar-refractivity contribution in [3.63, 3.8) is 0 Å². The lowest BCUT2D eigenvalue weighted by Gasteiger charge is -2.15. The highest BCUT2D eigenvalue weighted by Crippen LogP contribution is 2.21. The lowest BCUT2D eigenvalue weighted by molar-refractivity contribution is 0.0943. The van der Waals surface area contributed by atoms with E-state index in [1.54, 1.807) is 0 Å². The average Bonchev–Trinajstić information content (AvgIpc) is 3.27. The van der Waals surface area contributed by atoms with E-state index in [9.17, 15) is 13.2 Å². The van der Waals surface area contributed by atoms with Crippen molar-refractivity contribution in [3.8, 4) is 0 Å². The summed E-state index contributed by atoms with van der Waals surface area (Å²) in [6.45, 7) is 1.62. The maximum atomic E-state index is 12.5. The lowest BCUT2D eigenvalue weighted by Crippen LogP contribution is -2.46. The molecule has 1 aliphatic rings. The van der Waals surface area contributed by atoms with E-state index >= 15 is 0 Å². The molecule has 0 saturated carbocycles. The van der Waals surface area contributed by atoms with Crippen LogP contribution >= 0.6 is 12.2 Å². The zero-order valence-corrected chi connectivity index (χ0v) is 16.9. The predicted molar refractivity (Wildman–Crippen MR) is 111 cm³/mol. The van der Waals surface area contributed by atoms with Crippen molar-refractivity contribution in [3.05, 3.63) is 65.7 Å². The molecule has 1 saturated heterocycles. The summed E-state index contributed by atoms with van der Waals surface area (Å²) in [7, 11) is -3.49. The molecule has 1 fully saturated rings. The van der Waals surface area contributed by atoms with Crippen LogP contribution in [0.5, 0.6) is 0 Å². The molecule has 1 heterocycles. The van der Waals surface area contributed by atoms with Gasteiger partial charge in [0.15, 0.2) is 5.11 Å². The van der Waals surface area contributed by atoms with E-state index in [1.807, 2.05) is 30.3 Å². The van der Waals surface area contributed by atoms with Gasteiger partial charge in [0.2, 0.25) is 10.0 Å². The van der Waals surface area contributed by atoms with E-state index < -0.39 is 15.9 Å². The summed E-state index contributed by atoms with van der Waals surface area (Å²) in [5.41, 5.74) is 6.53. The molecule has 3 rings (SSSR count). The van der Waals surface area contributed by atoms with Gasteiger partial charge in [-0.2, -0.15) is 4.31 Å². The van der Waals surface area contributed by atoms with Crippen LogP contribution in [-0.4, -0.2) is 36.8 Å². The molecule has 0 spiro atoms. The van der Waals surface area contributed by atoms with Gasteiger partial charge in [-0.3, -0.25) is 15.6 Å². The van der Waals surface area contributed by atoms with Crippen molar-refractivity contribution >= 4 is 33.3 Å². The fourth-order valence-electron chi connectivity index (χ4n) is 2.86. The second-order valence-electron chi connectivity index (χ2n) is 6.38. The van der Waals surface area contributed by atoms with Crippen molar-refractivity contribution in [2.45, 2.75) is 24.3 Å². The summed E-state index contributed by atoms with van der Waals surface area (Å²) in [5, 5.41) is 3.27. The number of nitrogens with one attached hydrogen (secondary N) is 3. The molecule has 0 bridgehead atoms. The standard InChI is InChI=1S/C19H22N4O3S2/c24-18(21-22-19(27)20-14-15-6-2-1-3-7-15)16-8-10-17(11-9-16)28(25,26)23-12-4-5-13-23/h1-3,6-11H,4-5,12-14H2,(H,21,24)(H2,20,22,27). The number of rotatable bonds is 5. The van der Waals surface area contributed by atoms with E-state index in [2.05, 4.69) is 16.2 Å². The Hall–Kier alpha value is -2.49. The minimum absolute atomic E-state index is 0.193. The summed E-state index contributed by atoms with van der Waals surface area (Å²) < 4.78 is 26.5. The predicted octanol–water partition coefficient (Wildman–Crippen LogP) is 1.78. The summed E-state index contributed by atoms with van der Waals surface area (Å²) in [6.07, 6.45) is 1.76. The minimum atomic E-state index is -3.49. The molecular formula is C19H22N4O3S2. The Morgan fingerprint density at radius 3 is 2.25 bits per heavy atom. The molecule has 1 aliphatic heterocycles. The SMILES string of the molecule is O=C(NNC(=S)NCc1ccccc1)c1ccc(S(=O)(=O)N2CCCC2)cc1. The molecule has 0 aromatic heterocycles. The second kappa shape index (κ2) is 9.13. The van der Waals surface area contributed by atoms with Gasteiger partial charge in [-0.05, 0) is 54.9 Å². The second-order valence-corrected chi connectivity index (χ2v) is 8.73. The van der Waals surface area contributed by atoms with Crippen LogP contribution in [0.15, 0.2) is 59.5 Å². The monoisotopic (exact) mass is 418 g/mol. The fourth-order valence-corrected chi connectivity index (χ4v) is 4.50. The normalized spacial score (nSPS) is 14.4. The van der Waals surface area contributed by atoms with Crippen LogP contribution in [0.3, 0.4) is 0 Å². The summed E-state index contributed by atoms with van der Waals surface area (Å²) in [4.78, 5) is 12.4.